The van der Waals surface area contributed by atoms with Crippen molar-refractivity contribution in [1.82, 2.24) is 20.2 Å². The van der Waals surface area contributed by atoms with Crippen LogP contribution in [0.2, 0.25) is 0 Å². The van der Waals surface area contributed by atoms with Crippen LogP contribution in [0.25, 0.3) is 0 Å². The molecule has 7 N–H and O–H groups in total. The van der Waals surface area contributed by atoms with Crippen molar-refractivity contribution in [3.8, 4) is 0 Å². The van der Waals surface area contributed by atoms with E-state index in [2.05, 4.69) is 5.43 Å². The minimum Gasteiger partial charge on any atom is -0.459 e. The third kappa shape index (κ3) is 13.0. The number of esters is 1. The number of aliphatic hydroxyl groups is 6. The molecule has 0 radical (unpaired) electrons. The number of rotatable bonds is 12. The zero-order valence-electron chi connectivity index (χ0n) is 39.8. The molecule has 4 aliphatic heterocycles. The van der Waals surface area contributed by atoms with E-state index in [9.17, 15) is 35.4 Å². The number of cyclic esters (lactones) is 1. The summed E-state index contributed by atoms with van der Waals surface area (Å²) in [5.41, 5.74) is -1.24. The van der Waals surface area contributed by atoms with Gasteiger partial charge in [0.2, 0.25) is 0 Å². The number of likely N-dealkylation sites (N-methyl/N-ethyl adjacent to an activating group) is 2. The van der Waals surface area contributed by atoms with Crippen LogP contribution in [0.4, 0.5) is 0 Å². The maximum atomic E-state index is 14.4. The van der Waals surface area contributed by atoms with Crippen LogP contribution in [-0.2, 0) is 38.0 Å². The standard InChI is InChI=1S/C44H84N4O14/c1-14-33-44(10,55)37(51)29(6)46(11)23-25(2)20-42(8,54)39(27(4)36(28(5)40(53)60-33)61-34-21-43(9,56-13)38(52)30(7)59-34)62-41-35(50)32(19-26(3)58-41)47(12)24-31(49)22-45-48-15-17-57-18-16-48/h25-39,41,45,49-52,54-55H,14-24H2,1-13H3/t25-,26-,27+,28-,29-,30+,31?,32?,33-,34+,35-,36+,37-,38+,39-,41+,42-,43-,44-/m1/s1. The summed E-state index contributed by atoms with van der Waals surface area (Å²) in [6.45, 7) is 21.1. The molecule has 19 atom stereocenters. The molecule has 4 fully saturated rings. The molecule has 4 aliphatic rings. The van der Waals surface area contributed by atoms with Gasteiger partial charge in [-0.05, 0) is 87.7 Å². The van der Waals surface area contributed by atoms with Crippen molar-refractivity contribution in [2.24, 2.45) is 17.8 Å². The van der Waals surface area contributed by atoms with Crippen LogP contribution in [0.5, 0.6) is 0 Å². The summed E-state index contributed by atoms with van der Waals surface area (Å²) in [5, 5.41) is 72.3. The number of methoxy groups -OCH3 is 1. The number of hydrazine groups is 1. The van der Waals surface area contributed by atoms with E-state index < -0.39 is 108 Å². The van der Waals surface area contributed by atoms with Gasteiger partial charge in [0.1, 0.15) is 30.0 Å². The second-order valence-corrected chi connectivity index (χ2v) is 19.8. The number of nitrogens with one attached hydrogen (secondary N) is 1. The SMILES string of the molecule is CC[C@H]1OC(=O)[C@H](C)[C@@H](O[C@H]2C[C@@](C)(OC)[C@@H](O)[C@H](C)O2)[C@H](C)[C@@H](O[C@@H]2O[C@H](C)CC(N(C)CC(O)CNN3CCOCC3)[C@H]2O)[C@](C)(O)C[C@@H](C)CN(C)[C@H](C)[C@@H](O)[C@]1(C)O. The molecule has 364 valence electrons. The number of hydrogen-bond donors (Lipinski definition) is 7. The minimum atomic E-state index is -1.83. The molecule has 0 aromatic carbocycles. The van der Waals surface area contributed by atoms with Crippen LogP contribution >= 0.6 is 0 Å². The first-order valence-electron chi connectivity index (χ1n) is 22.9. The molecule has 2 unspecified atom stereocenters. The van der Waals surface area contributed by atoms with E-state index in [-0.39, 0.29) is 37.8 Å². The van der Waals surface area contributed by atoms with Crippen LogP contribution in [0, 0.1) is 17.8 Å². The smallest absolute Gasteiger partial charge is 0.311 e. The van der Waals surface area contributed by atoms with E-state index in [0.29, 0.717) is 45.8 Å². The van der Waals surface area contributed by atoms with Crippen molar-refractivity contribution in [3.05, 3.63) is 0 Å². The highest BCUT2D eigenvalue weighted by atomic mass is 16.7. The van der Waals surface area contributed by atoms with Gasteiger partial charge in [-0.3, -0.25) is 15.1 Å². The molecule has 4 saturated heterocycles. The van der Waals surface area contributed by atoms with Gasteiger partial charge in [-0.25, -0.2) is 5.01 Å². The fraction of sp³-hybridized carbons (Fsp3) is 0.977. The third-order valence-electron chi connectivity index (χ3n) is 14.2. The predicted octanol–water partition coefficient (Wildman–Crippen LogP) is 0.469. The number of ether oxygens (including phenoxy) is 7. The highest BCUT2D eigenvalue weighted by molar-refractivity contribution is 5.73. The molecule has 4 rings (SSSR count). The fourth-order valence-electron chi connectivity index (χ4n) is 10.1. The van der Waals surface area contributed by atoms with Gasteiger partial charge in [-0.15, -0.1) is 0 Å². The molecule has 0 aromatic rings. The summed E-state index contributed by atoms with van der Waals surface area (Å²) in [5.74, 6) is -2.78. The van der Waals surface area contributed by atoms with Gasteiger partial charge in [-0.2, -0.15) is 0 Å². The third-order valence-corrected chi connectivity index (χ3v) is 14.2. The average molecular weight is 893 g/mol. The maximum absolute atomic E-state index is 14.4. The van der Waals surface area contributed by atoms with Gasteiger partial charge in [0.25, 0.3) is 0 Å². The summed E-state index contributed by atoms with van der Waals surface area (Å²) in [4.78, 5) is 18.2. The number of carbonyl (C=O) groups is 1. The maximum Gasteiger partial charge on any atom is 0.311 e. The highest BCUT2D eigenvalue weighted by Crippen LogP contribution is 2.40. The molecular formula is C44H84N4O14. The zero-order chi connectivity index (χ0) is 46.5. The number of carbonyl (C=O) groups excluding carboxylic acids is 1. The molecule has 62 heavy (non-hydrogen) atoms. The molecule has 0 amide bonds. The summed E-state index contributed by atoms with van der Waals surface area (Å²) in [7, 11) is 5.17. The Morgan fingerprint density at radius 2 is 1.61 bits per heavy atom. The molecule has 18 nitrogen and oxygen atoms in total. The number of aliphatic hydroxyl groups excluding tert-OH is 4. The van der Waals surface area contributed by atoms with Crippen LogP contribution < -0.4 is 5.43 Å². The van der Waals surface area contributed by atoms with E-state index in [1.807, 2.05) is 42.8 Å². The molecule has 0 bridgehead atoms. The van der Waals surface area contributed by atoms with E-state index >= 15 is 0 Å². The first-order chi connectivity index (χ1) is 28.9. The number of hydrogen-bond acceptors (Lipinski definition) is 18. The van der Waals surface area contributed by atoms with E-state index in [0.717, 1.165) is 0 Å². The monoisotopic (exact) mass is 893 g/mol. The summed E-state index contributed by atoms with van der Waals surface area (Å²) < 4.78 is 43.4. The molecular weight excluding hydrogens is 808 g/mol. The number of morpholine rings is 1. The lowest BCUT2D eigenvalue weighted by molar-refractivity contribution is -0.318. The summed E-state index contributed by atoms with van der Waals surface area (Å²) in [6, 6.07) is -1.06. The lowest BCUT2D eigenvalue weighted by Gasteiger charge is -2.49. The Hall–Kier alpha value is -1.17. The molecule has 0 aliphatic carbocycles. The Balaban J connectivity index is 1.72. The normalized spacial score (nSPS) is 45.9. The van der Waals surface area contributed by atoms with E-state index in [4.69, 9.17) is 33.2 Å². The van der Waals surface area contributed by atoms with Gasteiger partial charge >= 0.3 is 5.97 Å². The Labute approximate surface area is 370 Å². The quantitative estimate of drug-likeness (QED) is 0.132. The Morgan fingerprint density at radius 3 is 2.23 bits per heavy atom. The lowest BCUT2D eigenvalue weighted by Crippen LogP contribution is -2.61. The van der Waals surface area contributed by atoms with Crippen molar-refractivity contribution in [2.75, 3.05) is 67.1 Å². The molecule has 0 spiro atoms. The first-order valence-corrected chi connectivity index (χ1v) is 22.9. The summed E-state index contributed by atoms with van der Waals surface area (Å²) >= 11 is 0. The number of nitrogens with zero attached hydrogens (tertiary/aromatic N) is 3. The Kier molecular flexibility index (Phi) is 19.4. The second kappa shape index (κ2) is 22.5. The molecule has 0 aromatic heterocycles. The van der Waals surface area contributed by atoms with Gasteiger partial charge in [0, 0.05) is 64.3 Å². The van der Waals surface area contributed by atoms with Gasteiger partial charge < -0.3 is 68.7 Å². The largest absolute Gasteiger partial charge is 0.459 e. The molecule has 4 heterocycles. The zero-order valence-corrected chi connectivity index (χ0v) is 39.8. The van der Waals surface area contributed by atoms with Crippen molar-refractivity contribution < 1.29 is 68.6 Å². The van der Waals surface area contributed by atoms with Crippen molar-refractivity contribution in [2.45, 2.75) is 191 Å². The van der Waals surface area contributed by atoms with Gasteiger partial charge in [0.15, 0.2) is 12.6 Å². The summed E-state index contributed by atoms with van der Waals surface area (Å²) in [6.07, 6.45) is -9.89. The second-order valence-electron chi connectivity index (χ2n) is 19.8. The van der Waals surface area contributed by atoms with E-state index in [1.165, 1.54) is 14.0 Å². The minimum absolute atomic E-state index is 0.103. The molecule has 0 saturated carbocycles. The van der Waals surface area contributed by atoms with Crippen molar-refractivity contribution in [3.63, 3.8) is 0 Å². The first kappa shape index (κ1) is 53.4. The fourth-order valence-corrected chi connectivity index (χ4v) is 10.1. The lowest BCUT2D eigenvalue weighted by atomic mass is 9.77. The predicted molar refractivity (Wildman–Crippen MR) is 230 cm³/mol. The van der Waals surface area contributed by atoms with Crippen LogP contribution in [0.3, 0.4) is 0 Å². The van der Waals surface area contributed by atoms with Gasteiger partial charge in [-0.1, -0.05) is 20.8 Å². The highest BCUT2D eigenvalue weighted by Gasteiger charge is 2.53. The van der Waals surface area contributed by atoms with E-state index in [1.54, 1.807) is 48.5 Å². The topological polar surface area (TPSA) is 225 Å². The van der Waals surface area contributed by atoms with Crippen LogP contribution in [0.15, 0.2) is 0 Å². The Morgan fingerprint density at radius 1 is 0.968 bits per heavy atom. The van der Waals surface area contributed by atoms with Crippen molar-refractivity contribution >= 4 is 5.97 Å². The van der Waals surface area contributed by atoms with Gasteiger partial charge in [0.05, 0.1) is 60.9 Å². The van der Waals surface area contributed by atoms with Crippen LogP contribution in [0.1, 0.15) is 94.9 Å². The molecule has 18 heteroatoms. The Bertz CT molecular complexity index is 1380. The van der Waals surface area contributed by atoms with Crippen molar-refractivity contribution in [1.29, 1.82) is 0 Å². The average Bonchev–Trinajstić information content (AvgIpc) is 3.21. The van der Waals surface area contributed by atoms with Crippen LogP contribution in [-0.4, -0.2) is 215 Å².